The zero-order chi connectivity index (χ0) is 14.3. The highest BCUT2D eigenvalue weighted by atomic mass is 19.4. The van der Waals surface area contributed by atoms with Crippen LogP contribution in [0.2, 0.25) is 0 Å². The minimum absolute atomic E-state index is 0.405. The van der Waals surface area contributed by atoms with Crippen LogP contribution in [0.3, 0.4) is 0 Å². The Balaban J connectivity index is 1.69. The van der Waals surface area contributed by atoms with Gasteiger partial charge in [0.25, 0.3) is 0 Å². The van der Waals surface area contributed by atoms with Crippen LogP contribution < -0.4 is 4.90 Å². The van der Waals surface area contributed by atoms with Crippen LogP contribution in [0.15, 0.2) is 18.3 Å². The Kier molecular flexibility index (Phi) is 3.07. The third kappa shape index (κ3) is 2.32. The maximum absolute atomic E-state index is 12.5. The minimum Gasteiger partial charge on any atom is -0.370 e. The van der Waals surface area contributed by atoms with E-state index in [4.69, 9.17) is 0 Å². The van der Waals surface area contributed by atoms with Gasteiger partial charge in [0.05, 0.1) is 11.9 Å². The lowest BCUT2D eigenvalue weighted by Gasteiger charge is -2.21. The van der Waals surface area contributed by atoms with Crippen LogP contribution in [0, 0.1) is 11.8 Å². The second kappa shape index (κ2) is 4.64. The first-order chi connectivity index (χ1) is 9.47. The molecule has 1 aromatic rings. The summed E-state index contributed by atoms with van der Waals surface area (Å²) in [6.45, 7) is 3.00. The van der Waals surface area contributed by atoms with E-state index in [1.165, 1.54) is 12.3 Å². The number of aromatic nitrogens is 1. The lowest BCUT2D eigenvalue weighted by atomic mass is 10.0. The van der Waals surface area contributed by atoms with E-state index < -0.39 is 11.9 Å². The maximum Gasteiger partial charge on any atom is 0.433 e. The Morgan fingerprint density at radius 3 is 2.25 bits per heavy atom. The number of amides is 1. The van der Waals surface area contributed by atoms with Crippen LogP contribution in [-0.2, 0) is 11.0 Å². The Bertz CT molecular complexity index is 489. The first kappa shape index (κ1) is 13.2. The van der Waals surface area contributed by atoms with E-state index in [0.717, 1.165) is 38.7 Å². The number of halogens is 3. The van der Waals surface area contributed by atoms with Gasteiger partial charge in [0.1, 0.15) is 5.69 Å². The molecule has 108 valence electrons. The average Bonchev–Trinajstić information content (AvgIpc) is 2.95. The highest BCUT2D eigenvalue weighted by Gasteiger charge is 2.40. The number of hydrogen-bond acceptors (Lipinski definition) is 3. The van der Waals surface area contributed by atoms with Crippen molar-refractivity contribution in [1.29, 1.82) is 0 Å². The zero-order valence-corrected chi connectivity index (χ0v) is 10.7. The number of pyridine rings is 1. The maximum atomic E-state index is 12.5. The van der Waals surface area contributed by atoms with Gasteiger partial charge in [0.15, 0.2) is 0 Å². The topological polar surface area (TPSA) is 36.4 Å². The van der Waals surface area contributed by atoms with Crippen molar-refractivity contribution < 1.29 is 18.0 Å². The predicted molar refractivity (Wildman–Crippen MR) is 66.1 cm³/mol. The minimum atomic E-state index is -4.40. The standard InChI is InChI=1S/C13H14F3N3O/c14-13(15,16)12-2-1-11(3-17-12)19-6-9-4-18(8-20)5-10(9)7-19/h1-3,8-10H,4-7H2. The molecule has 3 rings (SSSR count). The van der Waals surface area contributed by atoms with Gasteiger partial charge in [-0.3, -0.25) is 4.79 Å². The van der Waals surface area contributed by atoms with Gasteiger partial charge < -0.3 is 9.80 Å². The number of carbonyl (C=O) groups excluding carboxylic acids is 1. The van der Waals surface area contributed by atoms with Gasteiger partial charge in [0, 0.05) is 38.0 Å². The van der Waals surface area contributed by atoms with E-state index in [1.807, 2.05) is 4.90 Å². The van der Waals surface area contributed by atoms with Crippen molar-refractivity contribution in [3.63, 3.8) is 0 Å². The third-order valence-corrected chi connectivity index (χ3v) is 4.07. The molecule has 0 N–H and O–H groups in total. The Morgan fingerprint density at radius 1 is 1.15 bits per heavy atom. The summed E-state index contributed by atoms with van der Waals surface area (Å²) in [7, 11) is 0. The van der Waals surface area contributed by atoms with Crippen molar-refractivity contribution in [3.8, 4) is 0 Å². The number of hydrogen-bond donors (Lipinski definition) is 0. The summed E-state index contributed by atoms with van der Waals surface area (Å²) in [5.74, 6) is 0.810. The van der Waals surface area contributed by atoms with Gasteiger partial charge in [-0.15, -0.1) is 0 Å². The number of likely N-dealkylation sites (tertiary alicyclic amines) is 1. The summed E-state index contributed by atoms with van der Waals surface area (Å²) < 4.78 is 37.4. The molecule has 2 saturated heterocycles. The Morgan fingerprint density at radius 2 is 1.80 bits per heavy atom. The molecule has 20 heavy (non-hydrogen) atoms. The molecule has 0 aliphatic carbocycles. The van der Waals surface area contributed by atoms with Crippen LogP contribution in [0.5, 0.6) is 0 Å². The fraction of sp³-hybridized carbons (Fsp3) is 0.538. The van der Waals surface area contributed by atoms with Crippen molar-refractivity contribution in [2.45, 2.75) is 6.18 Å². The van der Waals surface area contributed by atoms with Crippen molar-refractivity contribution in [2.75, 3.05) is 31.1 Å². The molecule has 0 bridgehead atoms. The van der Waals surface area contributed by atoms with E-state index in [1.54, 1.807) is 4.90 Å². The largest absolute Gasteiger partial charge is 0.433 e. The number of anilines is 1. The van der Waals surface area contributed by atoms with Crippen molar-refractivity contribution >= 4 is 12.1 Å². The van der Waals surface area contributed by atoms with Gasteiger partial charge in [-0.1, -0.05) is 0 Å². The normalized spacial score (nSPS) is 25.9. The monoisotopic (exact) mass is 285 g/mol. The van der Waals surface area contributed by atoms with E-state index in [2.05, 4.69) is 4.98 Å². The molecule has 3 heterocycles. The summed E-state index contributed by atoms with van der Waals surface area (Å²) >= 11 is 0. The molecule has 2 unspecified atom stereocenters. The van der Waals surface area contributed by atoms with Gasteiger partial charge in [0.2, 0.25) is 6.41 Å². The zero-order valence-electron chi connectivity index (χ0n) is 10.7. The fourth-order valence-corrected chi connectivity index (χ4v) is 3.07. The first-order valence-corrected chi connectivity index (χ1v) is 6.45. The molecule has 1 amide bonds. The number of carbonyl (C=O) groups is 1. The lowest BCUT2D eigenvalue weighted by molar-refractivity contribution is -0.141. The second-order valence-electron chi connectivity index (χ2n) is 5.38. The van der Waals surface area contributed by atoms with Gasteiger partial charge >= 0.3 is 6.18 Å². The van der Waals surface area contributed by atoms with Crippen molar-refractivity contribution in [1.82, 2.24) is 9.88 Å². The van der Waals surface area contributed by atoms with Crippen molar-refractivity contribution in [3.05, 3.63) is 24.0 Å². The van der Waals surface area contributed by atoms with E-state index in [9.17, 15) is 18.0 Å². The van der Waals surface area contributed by atoms with Crippen molar-refractivity contribution in [2.24, 2.45) is 11.8 Å². The van der Waals surface area contributed by atoms with Gasteiger partial charge in [-0.25, -0.2) is 4.98 Å². The molecule has 0 aromatic carbocycles. The lowest BCUT2D eigenvalue weighted by Crippen LogP contribution is -2.28. The number of rotatable bonds is 2. The van der Waals surface area contributed by atoms with E-state index in [-0.39, 0.29) is 0 Å². The molecule has 0 spiro atoms. The summed E-state index contributed by atoms with van der Waals surface area (Å²) in [5, 5.41) is 0. The Labute approximate surface area is 114 Å². The van der Waals surface area contributed by atoms with Crippen LogP contribution in [0.4, 0.5) is 18.9 Å². The molecular weight excluding hydrogens is 271 g/mol. The summed E-state index contributed by atoms with van der Waals surface area (Å²) in [4.78, 5) is 18.0. The quantitative estimate of drug-likeness (QED) is 0.775. The molecule has 0 radical (unpaired) electrons. The van der Waals surface area contributed by atoms with Crippen LogP contribution in [0.1, 0.15) is 5.69 Å². The van der Waals surface area contributed by atoms with E-state index >= 15 is 0 Å². The fourth-order valence-electron chi connectivity index (χ4n) is 3.07. The molecule has 2 aliphatic heterocycles. The molecule has 2 fully saturated rings. The van der Waals surface area contributed by atoms with Crippen LogP contribution in [-0.4, -0.2) is 42.5 Å². The van der Waals surface area contributed by atoms with Crippen LogP contribution in [0.25, 0.3) is 0 Å². The molecule has 2 aliphatic rings. The molecule has 1 aromatic heterocycles. The molecule has 4 nitrogen and oxygen atoms in total. The molecule has 7 heteroatoms. The second-order valence-corrected chi connectivity index (χ2v) is 5.38. The first-order valence-electron chi connectivity index (χ1n) is 6.45. The molecular formula is C13H14F3N3O. The predicted octanol–water partition coefficient (Wildman–Crippen LogP) is 1.62. The number of alkyl halides is 3. The Hall–Kier alpha value is -1.79. The summed E-state index contributed by atoms with van der Waals surface area (Å²) in [6.07, 6.45) is -2.26. The van der Waals surface area contributed by atoms with Gasteiger partial charge in [-0.2, -0.15) is 13.2 Å². The highest BCUT2D eigenvalue weighted by molar-refractivity contribution is 5.50. The smallest absolute Gasteiger partial charge is 0.370 e. The summed E-state index contributed by atoms with van der Waals surface area (Å²) in [5.41, 5.74) is -0.155. The molecule has 0 saturated carbocycles. The molecule has 2 atom stereocenters. The average molecular weight is 285 g/mol. The van der Waals surface area contributed by atoms with E-state index in [0.29, 0.717) is 17.5 Å². The highest BCUT2D eigenvalue weighted by Crippen LogP contribution is 2.34. The van der Waals surface area contributed by atoms with Gasteiger partial charge in [-0.05, 0) is 12.1 Å². The number of fused-ring (bicyclic) bond motifs is 1. The SMILES string of the molecule is O=CN1CC2CN(c3ccc(C(F)(F)F)nc3)CC2C1. The third-order valence-electron chi connectivity index (χ3n) is 4.07. The number of nitrogens with zero attached hydrogens (tertiary/aromatic N) is 3. The van der Waals surface area contributed by atoms with Crippen LogP contribution >= 0.6 is 0 Å². The summed E-state index contributed by atoms with van der Waals surface area (Å²) in [6, 6.07) is 2.48.